The molecule has 1 saturated heterocycles. The van der Waals surface area contributed by atoms with E-state index in [1.165, 1.54) is 0 Å². The molecule has 1 amide bonds. The number of fused-ring (bicyclic) bond motifs is 1. The van der Waals surface area contributed by atoms with Crippen LogP contribution < -0.4 is 15.0 Å². The molecule has 29 heavy (non-hydrogen) atoms. The summed E-state index contributed by atoms with van der Waals surface area (Å²) in [6.07, 6.45) is 3.45. The Kier molecular flexibility index (Phi) is 5.05. The minimum atomic E-state index is -0.0712. The highest BCUT2D eigenvalue weighted by Gasteiger charge is 2.30. The number of carbonyl (C=O) groups excluding carboxylic acids is 1. The first-order chi connectivity index (χ1) is 13.9. The van der Waals surface area contributed by atoms with Crippen molar-refractivity contribution in [1.82, 2.24) is 20.3 Å². The van der Waals surface area contributed by atoms with E-state index in [4.69, 9.17) is 4.74 Å². The Labute approximate surface area is 170 Å². The lowest BCUT2D eigenvalue weighted by atomic mass is 10.0. The van der Waals surface area contributed by atoms with E-state index in [2.05, 4.69) is 20.3 Å². The highest BCUT2D eigenvalue weighted by atomic mass is 16.5. The van der Waals surface area contributed by atoms with Crippen molar-refractivity contribution in [1.29, 1.82) is 0 Å². The molecule has 150 valence electrons. The number of benzene rings is 1. The Hall–Kier alpha value is -3.22. The van der Waals surface area contributed by atoms with Gasteiger partial charge >= 0.3 is 0 Å². The van der Waals surface area contributed by atoms with Crippen molar-refractivity contribution in [2.45, 2.75) is 39.8 Å². The number of hydrogen-bond acceptors (Lipinski definition) is 6. The molecule has 0 spiro atoms. The molecule has 1 aliphatic heterocycles. The number of nitrogens with one attached hydrogen (secondary N) is 1. The Bertz CT molecular complexity index is 1040. The largest absolute Gasteiger partial charge is 0.488 e. The Morgan fingerprint density at radius 1 is 1.17 bits per heavy atom. The maximum absolute atomic E-state index is 12.7. The van der Waals surface area contributed by atoms with E-state index in [1.807, 2.05) is 56.9 Å². The van der Waals surface area contributed by atoms with E-state index in [0.29, 0.717) is 30.4 Å². The quantitative estimate of drug-likeness (QED) is 0.720. The standard InChI is InChI=1S/C22H25N5O2/c1-13(2)29-18-9-23-22(24-10-18)27-11-17(12-27)26-21(28)16-5-6-20-19(8-16)14(3)7-15(4)25-20/h5-10,13,17H,11-12H2,1-4H3,(H,26,28). The third-order valence-corrected chi connectivity index (χ3v) is 4.89. The Morgan fingerprint density at radius 3 is 2.59 bits per heavy atom. The molecule has 3 aromatic rings. The van der Waals surface area contributed by atoms with Crippen LogP contribution in [0.5, 0.6) is 5.75 Å². The van der Waals surface area contributed by atoms with Crippen LogP contribution in [-0.2, 0) is 0 Å². The zero-order valence-electron chi connectivity index (χ0n) is 17.1. The van der Waals surface area contributed by atoms with Crippen LogP contribution in [0.4, 0.5) is 5.95 Å². The summed E-state index contributed by atoms with van der Waals surface area (Å²) in [6.45, 7) is 9.31. The van der Waals surface area contributed by atoms with Crippen molar-refractivity contribution in [2.75, 3.05) is 18.0 Å². The van der Waals surface area contributed by atoms with Crippen LogP contribution in [-0.4, -0.2) is 46.1 Å². The van der Waals surface area contributed by atoms with Gasteiger partial charge in [0.2, 0.25) is 5.95 Å². The summed E-state index contributed by atoms with van der Waals surface area (Å²) in [6, 6.07) is 7.76. The first-order valence-electron chi connectivity index (χ1n) is 9.81. The van der Waals surface area contributed by atoms with Gasteiger partial charge in [0.25, 0.3) is 5.91 Å². The summed E-state index contributed by atoms with van der Waals surface area (Å²) in [5, 5.41) is 4.09. The lowest BCUT2D eigenvalue weighted by Crippen LogP contribution is -2.60. The molecule has 0 saturated carbocycles. The van der Waals surface area contributed by atoms with Gasteiger partial charge < -0.3 is 15.0 Å². The van der Waals surface area contributed by atoms with E-state index in [0.717, 1.165) is 22.2 Å². The highest BCUT2D eigenvalue weighted by molar-refractivity contribution is 5.98. The number of aryl methyl sites for hydroxylation is 2. The number of anilines is 1. The molecule has 0 unspecified atom stereocenters. The normalized spacial score (nSPS) is 14.2. The van der Waals surface area contributed by atoms with E-state index >= 15 is 0 Å². The van der Waals surface area contributed by atoms with Crippen LogP contribution in [0.1, 0.15) is 35.5 Å². The summed E-state index contributed by atoms with van der Waals surface area (Å²) in [7, 11) is 0. The second-order valence-electron chi connectivity index (χ2n) is 7.77. The van der Waals surface area contributed by atoms with E-state index in [9.17, 15) is 4.79 Å². The van der Waals surface area contributed by atoms with Crippen LogP contribution in [0.25, 0.3) is 10.9 Å². The second kappa shape index (κ2) is 7.66. The van der Waals surface area contributed by atoms with Crippen LogP contribution >= 0.6 is 0 Å². The van der Waals surface area contributed by atoms with Crippen LogP contribution in [0, 0.1) is 13.8 Å². The summed E-state index contributed by atoms with van der Waals surface area (Å²) >= 11 is 0. The smallest absolute Gasteiger partial charge is 0.251 e. The summed E-state index contributed by atoms with van der Waals surface area (Å²) in [5.74, 6) is 1.23. The van der Waals surface area contributed by atoms with Gasteiger partial charge in [-0.3, -0.25) is 9.78 Å². The van der Waals surface area contributed by atoms with Crippen molar-refractivity contribution in [3.05, 3.63) is 53.5 Å². The molecule has 1 N–H and O–H groups in total. The fraction of sp³-hybridized carbons (Fsp3) is 0.364. The molecule has 2 aromatic heterocycles. The van der Waals surface area contributed by atoms with Gasteiger partial charge in [-0.1, -0.05) is 0 Å². The molecule has 0 bridgehead atoms. The lowest BCUT2D eigenvalue weighted by molar-refractivity contribution is 0.0930. The molecule has 3 heterocycles. The zero-order chi connectivity index (χ0) is 20.5. The van der Waals surface area contributed by atoms with Gasteiger partial charge in [-0.05, 0) is 57.5 Å². The average molecular weight is 391 g/mol. The summed E-state index contributed by atoms with van der Waals surface area (Å²) < 4.78 is 5.56. The number of carbonyl (C=O) groups is 1. The maximum Gasteiger partial charge on any atom is 0.251 e. The number of hydrogen-bond donors (Lipinski definition) is 1. The van der Waals surface area contributed by atoms with Crippen molar-refractivity contribution in [3.8, 4) is 5.75 Å². The molecule has 7 heteroatoms. The van der Waals surface area contributed by atoms with E-state index in [1.54, 1.807) is 12.4 Å². The third kappa shape index (κ3) is 4.13. The van der Waals surface area contributed by atoms with E-state index in [-0.39, 0.29) is 18.1 Å². The van der Waals surface area contributed by atoms with Gasteiger partial charge in [-0.2, -0.15) is 0 Å². The number of aromatic nitrogens is 3. The fourth-order valence-corrected chi connectivity index (χ4v) is 3.51. The van der Waals surface area contributed by atoms with Crippen LogP contribution in [0.2, 0.25) is 0 Å². The van der Waals surface area contributed by atoms with Crippen LogP contribution in [0.3, 0.4) is 0 Å². The first kappa shape index (κ1) is 19.1. The monoisotopic (exact) mass is 391 g/mol. The van der Waals surface area contributed by atoms with Gasteiger partial charge in [0.1, 0.15) is 0 Å². The molecule has 1 aliphatic rings. The summed E-state index contributed by atoms with van der Waals surface area (Å²) in [4.78, 5) is 27.9. The number of ether oxygens (including phenoxy) is 1. The molecule has 0 radical (unpaired) electrons. The van der Waals surface area contributed by atoms with E-state index < -0.39 is 0 Å². The van der Waals surface area contributed by atoms with Gasteiger partial charge in [0.15, 0.2) is 5.75 Å². The maximum atomic E-state index is 12.7. The van der Waals surface area contributed by atoms with Gasteiger partial charge in [-0.15, -0.1) is 0 Å². The lowest BCUT2D eigenvalue weighted by Gasteiger charge is -2.39. The summed E-state index contributed by atoms with van der Waals surface area (Å²) in [5.41, 5.74) is 3.67. The molecule has 4 rings (SSSR count). The molecule has 0 atom stereocenters. The number of pyridine rings is 1. The SMILES string of the molecule is Cc1cc(C)c2cc(C(=O)NC3CN(c4ncc(OC(C)C)cn4)C3)ccc2n1. The predicted molar refractivity (Wildman–Crippen MR) is 112 cm³/mol. The molecule has 0 aliphatic carbocycles. The number of rotatable bonds is 5. The first-order valence-corrected chi connectivity index (χ1v) is 9.81. The fourth-order valence-electron chi connectivity index (χ4n) is 3.51. The molecule has 1 aromatic carbocycles. The minimum absolute atomic E-state index is 0.0712. The topological polar surface area (TPSA) is 80.2 Å². The molecule has 1 fully saturated rings. The van der Waals surface area contributed by atoms with Crippen LogP contribution in [0.15, 0.2) is 36.7 Å². The third-order valence-electron chi connectivity index (χ3n) is 4.89. The number of nitrogens with zero attached hydrogens (tertiary/aromatic N) is 4. The van der Waals surface area contributed by atoms with Crippen molar-refractivity contribution in [2.24, 2.45) is 0 Å². The number of amides is 1. The molecular weight excluding hydrogens is 366 g/mol. The second-order valence-corrected chi connectivity index (χ2v) is 7.77. The Balaban J connectivity index is 1.36. The predicted octanol–water partition coefficient (Wildman–Crippen LogP) is 3.05. The molecular formula is C22H25N5O2. The molecule has 7 nitrogen and oxygen atoms in total. The highest BCUT2D eigenvalue weighted by Crippen LogP contribution is 2.21. The van der Waals surface area contributed by atoms with Crippen molar-refractivity contribution in [3.63, 3.8) is 0 Å². The van der Waals surface area contributed by atoms with Gasteiger partial charge in [0.05, 0.1) is 30.1 Å². The van der Waals surface area contributed by atoms with Crippen molar-refractivity contribution < 1.29 is 9.53 Å². The Morgan fingerprint density at radius 2 is 1.90 bits per heavy atom. The zero-order valence-corrected chi connectivity index (χ0v) is 17.1. The minimum Gasteiger partial charge on any atom is -0.488 e. The van der Waals surface area contributed by atoms with Gasteiger partial charge in [0, 0.05) is 29.7 Å². The van der Waals surface area contributed by atoms with Crippen molar-refractivity contribution >= 4 is 22.8 Å². The van der Waals surface area contributed by atoms with Gasteiger partial charge in [-0.25, -0.2) is 9.97 Å². The average Bonchev–Trinajstić information content (AvgIpc) is 2.64.